The van der Waals surface area contributed by atoms with E-state index >= 15 is 0 Å². The van der Waals surface area contributed by atoms with Crippen molar-refractivity contribution in [2.75, 3.05) is 5.75 Å². The molecule has 2 atom stereocenters. The second-order valence-corrected chi connectivity index (χ2v) is 5.99. The molecule has 4 nitrogen and oxygen atoms in total. The van der Waals surface area contributed by atoms with E-state index in [4.69, 9.17) is 0 Å². The molecule has 3 rings (SSSR count). The molecule has 2 heterocycles. The predicted molar refractivity (Wildman–Crippen MR) is 69.9 cm³/mol. The summed E-state index contributed by atoms with van der Waals surface area (Å²) in [5.74, 6) is 1.53. The molecule has 18 heavy (non-hydrogen) atoms. The Hall–Kier alpha value is -1.49. The van der Waals surface area contributed by atoms with Gasteiger partial charge in [-0.3, -0.25) is 4.21 Å². The van der Waals surface area contributed by atoms with Crippen molar-refractivity contribution in [3.8, 4) is 0 Å². The smallest absolute Gasteiger partial charge is 0.239 e. The lowest BCUT2D eigenvalue weighted by atomic mass is 10.1. The summed E-state index contributed by atoms with van der Waals surface area (Å²) in [5.41, 5.74) is 1.25. The van der Waals surface area contributed by atoms with Crippen molar-refractivity contribution >= 4 is 10.8 Å². The molecule has 0 aliphatic carbocycles. The molecule has 1 aromatic heterocycles. The second-order valence-electron chi connectivity index (χ2n) is 4.35. The molecule has 94 valence electrons. The van der Waals surface area contributed by atoms with Gasteiger partial charge in [-0.2, -0.15) is 0 Å². The maximum Gasteiger partial charge on any atom is 0.239 e. The van der Waals surface area contributed by atoms with Gasteiger partial charge in [0.05, 0.1) is 16.8 Å². The summed E-state index contributed by atoms with van der Waals surface area (Å²) in [6.45, 7) is 1.89. The normalized spacial score (nSPS) is 19.7. The van der Waals surface area contributed by atoms with E-state index in [9.17, 15) is 4.21 Å². The first kappa shape index (κ1) is 11.6. The highest BCUT2D eigenvalue weighted by molar-refractivity contribution is 7.84. The SMILES string of the molecule is CC[S@@](=O)c1nc2n(n1)[C@H](c1ccccc1)CC2. The summed E-state index contributed by atoms with van der Waals surface area (Å²) < 4.78 is 13.7. The molecule has 0 fully saturated rings. The lowest BCUT2D eigenvalue weighted by Gasteiger charge is -2.11. The molecule has 0 radical (unpaired) electrons. The van der Waals surface area contributed by atoms with E-state index in [1.807, 2.05) is 29.8 Å². The van der Waals surface area contributed by atoms with Crippen LogP contribution in [0.1, 0.15) is 30.8 Å². The van der Waals surface area contributed by atoms with Gasteiger partial charge in [0.15, 0.2) is 0 Å². The van der Waals surface area contributed by atoms with Crippen LogP contribution in [-0.2, 0) is 17.2 Å². The molecule has 1 aliphatic heterocycles. The van der Waals surface area contributed by atoms with E-state index in [1.54, 1.807) is 0 Å². The van der Waals surface area contributed by atoms with Crippen molar-refractivity contribution in [2.24, 2.45) is 0 Å². The van der Waals surface area contributed by atoms with Crippen molar-refractivity contribution in [3.05, 3.63) is 41.7 Å². The summed E-state index contributed by atoms with van der Waals surface area (Å²) in [7, 11) is -1.06. The number of rotatable bonds is 3. The summed E-state index contributed by atoms with van der Waals surface area (Å²) in [5, 5.41) is 4.90. The fourth-order valence-electron chi connectivity index (χ4n) is 2.35. The molecule has 5 heteroatoms. The van der Waals surface area contributed by atoms with Crippen LogP contribution in [0.25, 0.3) is 0 Å². The van der Waals surface area contributed by atoms with Gasteiger partial charge in [0.25, 0.3) is 0 Å². The van der Waals surface area contributed by atoms with Gasteiger partial charge < -0.3 is 0 Å². The Balaban J connectivity index is 1.97. The Morgan fingerprint density at radius 1 is 1.39 bits per heavy atom. The number of aryl methyl sites for hydroxylation is 1. The molecule has 0 N–H and O–H groups in total. The topological polar surface area (TPSA) is 47.8 Å². The van der Waals surface area contributed by atoms with Gasteiger partial charge in [0.1, 0.15) is 5.82 Å². The molecule has 0 bridgehead atoms. The van der Waals surface area contributed by atoms with Crippen molar-refractivity contribution in [3.63, 3.8) is 0 Å². The van der Waals surface area contributed by atoms with Crippen molar-refractivity contribution < 1.29 is 4.21 Å². The third-order valence-electron chi connectivity index (χ3n) is 3.27. The Morgan fingerprint density at radius 2 is 2.17 bits per heavy atom. The standard InChI is InChI=1S/C13H15N3OS/c1-2-18(17)13-14-12-9-8-11(16(12)15-13)10-6-4-3-5-7-10/h3-7,11H,2,8-9H2,1H3/t11-,18+/m0/s1. The first-order chi connectivity index (χ1) is 8.79. The second kappa shape index (κ2) is 4.65. The third kappa shape index (κ3) is 1.88. The van der Waals surface area contributed by atoms with Gasteiger partial charge in [-0.25, -0.2) is 9.67 Å². The highest BCUT2D eigenvalue weighted by Crippen LogP contribution is 2.30. The number of fused-ring (bicyclic) bond motifs is 1. The van der Waals surface area contributed by atoms with Gasteiger partial charge in [0.2, 0.25) is 5.16 Å². The van der Waals surface area contributed by atoms with Crippen molar-refractivity contribution in [1.29, 1.82) is 0 Å². The van der Waals surface area contributed by atoms with Crippen LogP contribution in [-0.4, -0.2) is 24.7 Å². The van der Waals surface area contributed by atoms with E-state index in [2.05, 4.69) is 22.2 Å². The van der Waals surface area contributed by atoms with Crippen LogP contribution in [0.2, 0.25) is 0 Å². The highest BCUT2D eigenvalue weighted by Gasteiger charge is 2.27. The number of benzene rings is 1. The van der Waals surface area contributed by atoms with Crippen molar-refractivity contribution in [2.45, 2.75) is 31.0 Å². The summed E-state index contributed by atoms with van der Waals surface area (Å²) in [4.78, 5) is 4.39. The number of hydrogen-bond acceptors (Lipinski definition) is 3. The van der Waals surface area contributed by atoms with Gasteiger partial charge in [-0.15, -0.1) is 5.10 Å². The van der Waals surface area contributed by atoms with Gasteiger partial charge in [-0.05, 0) is 12.0 Å². The van der Waals surface area contributed by atoms with E-state index in [-0.39, 0.29) is 6.04 Å². The molecule has 0 saturated heterocycles. The predicted octanol–water partition coefficient (Wildman–Crippen LogP) is 1.94. The molecular formula is C13H15N3OS. The van der Waals surface area contributed by atoms with Crippen LogP contribution >= 0.6 is 0 Å². The van der Waals surface area contributed by atoms with Gasteiger partial charge >= 0.3 is 0 Å². The zero-order chi connectivity index (χ0) is 12.5. The van der Waals surface area contributed by atoms with E-state index < -0.39 is 10.8 Å². The fraction of sp³-hybridized carbons (Fsp3) is 0.385. The monoisotopic (exact) mass is 261 g/mol. The molecular weight excluding hydrogens is 246 g/mol. The summed E-state index contributed by atoms with van der Waals surface area (Å²) in [6.07, 6.45) is 1.94. The quantitative estimate of drug-likeness (QED) is 0.848. The molecule has 0 spiro atoms. The summed E-state index contributed by atoms with van der Waals surface area (Å²) >= 11 is 0. The van der Waals surface area contributed by atoms with E-state index in [0.717, 1.165) is 18.7 Å². The minimum atomic E-state index is -1.06. The van der Waals surface area contributed by atoms with Crippen molar-refractivity contribution in [1.82, 2.24) is 14.8 Å². The average Bonchev–Trinajstić information content (AvgIpc) is 2.98. The molecule has 0 amide bonds. The Bertz CT molecular complexity index is 579. The maximum atomic E-state index is 11.7. The number of nitrogens with zero attached hydrogens (tertiary/aromatic N) is 3. The van der Waals surface area contributed by atoms with Crippen LogP contribution in [0, 0.1) is 0 Å². The molecule has 1 aromatic carbocycles. The van der Waals surface area contributed by atoms with E-state index in [1.165, 1.54) is 5.56 Å². The number of hydrogen-bond donors (Lipinski definition) is 0. The summed E-state index contributed by atoms with van der Waals surface area (Å²) in [6, 6.07) is 10.6. The Labute approximate surface area is 109 Å². The fourth-order valence-corrected chi connectivity index (χ4v) is 3.00. The van der Waals surface area contributed by atoms with Crippen LogP contribution < -0.4 is 0 Å². The minimum absolute atomic E-state index is 0.247. The number of aromatic nitrogens is 3. The Morgan fingerprint density at radius 3 is 2.89 bits per heavy atom. The van der Waals surface area contributed by atoms with Gasteiger partial charge in [0, 0.05) is 12.2 Å². The molecule has 1 aliphatic rings. The zero-order valence-electron chi connectivity index (χ0n) is 10.2. The third-order valence-corrected chi connectivity index (χ3v) is 4.37. The first-order valence-corrected chi connectivity index (χ1v) is 7.50. The zero-order valence-corrected chi connectivity index (χ0v) is 11.1. The Kier molecular flexibility index (Phi) is 2.99. The van der Waals surface area contributed by atoms with Crippen LogP contribution in [0.5, 0.6) is 0 Å². The molecule has 0 saturated carbocycles. The minimum Gasteiger partial charge on any atom is -0.251 e. The maximum absolute atomic E-state index is 11.7. The first-order valence-electron chi connectivity index (χ1n) is 6.18. The lowest BCUT2D eigenvalue weighted by molar-refractivity contribution is 0.540. The van der Waals surface area contributed by atoms with E-state index in [0.29, 0.717) is 10.9 Å². The molecule has 0 unspecified atom stereocenters. The highest BCUT2D eigenvalue weighted by atomic mass is 32.2. The van der Waals surface area contributed by atoms with Crippen LogP contribution in [0.4, 0.5) is 0 Å². The average molecular weight is 261 g/mol. The van der Waals surface area contributed by atoms with Crippen LogP contribution in [0.15, 0.2) is 35.5 Å². The van der Waals surface area contributed by atoms with Crippen LogP contribution in [0.3, 0.4) is 0 Å². The van der Waals surface area contributed by atoms with Gasteiger partial charge in [-0.1, -0.05) is 37.3 Å². The largest absolute Gasteiger partial charge is 0.251 e. The molecule has 2 aromatic rings. The lowest BCUT2D eigenvalue weighted by Crippen LogP contribution is -2.08.